The summed E-state index contributed by atoms with van der Waals surface area (Å²) < 4.78 is 12.5. The number of pyridine rings is 1. The van der Waals surface area contributed by atoms with Gasteiger partial charge in [0.1, 0.15) is 5.65 Å². The van der Waals surface area contributed by atoms with E-state index in [1.54, 1.807) is 14.2 Å². The number of benzene rings is 1. The Bertz CT molecular complexity index is 855. The first-order valence-corrected chi connectivity index (χ1v) is 7.87. The number of guanidine groups is 1. The summed E-state index contributed by atoms with van der Waals surface area (Å²) >= 11 is 0. The molecule has 0 aliphatic heterocycles. The molecule has 130 valence electrons. The van der Waals surface area contributed by atoms with Crippen LogP contribution in [0.15, 0.2) is 53.8 Å². The van der Waals surface area contributed by atoms with Crippen LogP contribution in [0.2, 0.25) is 0 Å². The maximum atomic E-state index is 5.94. The van der Waals surface area contributed by atoms with Crippen molar-refractivity contribution in [2.45, 2.75) is 13.1 Å². The molecule has 2 aromatic heterocycles. The minimum absolute atomic E-state index is 0.367. The minimum atomic E-state index is 0.367. The van der Waals surface area contributed by atoms with E-state index in [4.69, 9.17) is 15.2 Å². The molecule has 0 amide bonds. The van der Waals surface area contributed by atoms with Crippen LogP contribution in [0.4, 0.5) is 0 Å². The van der Waals surface area contributed by atoms with Crippen molar-refractivity contribution in [3.63, 3.8) is 0 Å². The van der Waals surface area contributed by atoms with Crippen LogP contribution < -0.4 is 20.5 Å². The highest BCUT2D eigenvalue weighted by Gasteiger charge is 2.05. The smallest absolute Gasteiger partial charge is 0.189 e. The fourth-order valence-electron chi connectivity index (χ4n) is 2.46. The van der Waals surface area contributed by atoms with E-state index in [-0.39, 0.29) is 0 Å². The van der Waals surface area contributed by atoms with Gasteiger partial charge in [0.05, 0.1) is 33.0 Å². The van der Waals surface area contributed by atoms with E-state index in [0.29, 0.717) is 30.5 Å². The molecule has 0 atom stereocenters. The highest BCUT2D eigenvalue weighted by molar-refractivity contribution is 5.77. The minimum Gasteiger partial charge on any atom is -0.493 e. The standard InChI is InChI=1S/C18H21N5O2/c1-24-15-7-6-13(9-16(15)25-2)10-20-18(19)21-11-14-12-23-8-4-3-5-17(23)22-14/h3-9,12H,10-11H2,1-2H3,(H3,19,20,21). The van der Waals surface area contributed by atoms with Gasteiger partial charge in [-0.05, 0) is 29.8 Å². The summed E-state index contributed by atoms with van der Waals surface area (Å²) in [6, 6.07) is 11.5. The number of fused-ring (bicyclic) bond motifs is 1. The second-order valence-electron chi connectivity index (χ2n) is 5.44. The van der Waals surface area contributed by atoms with Gasteiger partial charge in [0.15, 0.2) is 17.5 Å². The molecule has 2 heterocycles. The summed E-state index contributed by atoms with van der Waals surface area (Å²) in [5, 5.41) is 3.08. The Morgan fingerprint density at radius 2 is 2.04 bits per heavy atom. The number of methoxy groups -OCH3 is 2. The molecule has 3 aromatic rings. The highest BCUT2D eigenvalue weighted by Crippen LogP contribution is 2.27. The van der Waals surface area contributed by atoms with Crippen LogP contribution in [-0.2, 0) is 13.1 Å². The van der Waals surface area contributed by atoms with Crippen LogP contribution in [0.1, 0.15) is 11.3 Å². The molecule has 0 saturated carbocycles. The summed E-state index contributed by atoms with van der Waals surface area (Å²) in [6.07, 6.45) is 3.92. The number of rotatable bonds is 6. The second kappa shape index (κ2) is 7.57. The predicted molar refractivity (Wildman–Crippen MR) is 96.9 cm³/mol. The number of nitrogens with two attached hydrogens (primary N) is 1. The fourth-order valence-corrected chi connectivity index (χ4v) is 2.46. The Labute approximate surface area is 146 Å². The Balaban J connectivity index is 1.60. The van der Waals surface area contributed by atoms with Gasteiger partial charge < -0.3 is 24.9 Å². The second-order valence-corrected chi connectivity index (χ2v) is 5.44. The summed E-state index contributed by atoms with van der Waals surface area (Å²) in [4.78, 5) is 8.85. The number of aromatic nitrogens is 2. The number of nitrogens with zero attached hydrogens (tertiary/aromatic N) is 3. The van der Waals surface area contributed by atoms with Gasteiger partial charge in [-0.25, -0.2) is 9.98 Å². The molecule has 0 spiro atoms. The van der Waals surface area contributed by atoms with Crippen LogP contribution in [0.5, 0.6) is 11.5 Å². The van der Waals surface area contributed by atoms with E-state index in [0.717, 1.165) is 16.9 Å². The van der Waals surface area contributed by atoms with E-state index in [9.17, 15) is 0 Å². The molecule has 7 nitrogen and oxygen atoms in total. The van der Waals surface area contributed by atoms with Crippen LogP contribution in [0.3, 0.4) is 0 Å². The zero-order chi connectivity index (χ0) is 17.6. The molecule has 0 unspecified atom stereocenters. The van der Waals surface area contributed by atoms with Gasteiger partial charge in [-0.1, -0.05) is 12.1 Å². The van der Waals surface area contributed by atoms with Crippen LogP contribution in [0.25, 0.3) is 5.65 Å². The summed E-state index contributed by atoms with van der Waals surface area (Å²) in [5.41, 5.74) is 8.72. The third-order valence-corrected chi connectivity index (χ3v) is 3.74. The van der Waals surface area contributed by atoms with Gasteiger partial charge in [-0.2, -0.15) is 0 Å². The average molecular weight is 339 g/mol. The van der Waals surface area contributed by atoms with Gasteiger partial charge in [0, 0.05) is 12.4 Å². The van der Waals surface area contributed by atoms with Crippen LogP contribution >= 0.6 is 0 Å². The molecule has 25 heavy (non-hydrogen) atoms. The topological polar surface area (TPSA) is 86.2 Å². The van der Waals surface area contributed by atoms with Crippen molar-refractivity contribution in [1.82, 2.24) is 14.7 Å². The van der Waals surface area contributed by atoms with Crippen molar-refractivity contribution in [1.29, 1.82) is 0 Å². The van der Waals surface area contributed by atoms with Crippen molar-refractivity contribution < 1.29 is 9.47 Å². The molecule has 0 radical (unpaired) electrons. The van der Waals surface area contributed by atoms with Crippen molar-refractivity contribution >= 4 is 11.6 Å². The van der Waals surface area contributed by atoms with Gasteiger partial charge in [-0.3, -0.25) is 0 Å². The van der Waals surface area contributed by atoms with E-state index >= 15 is 0 Å². The van der Waals surface area contributed by atoms with Crippen molar-refractivity contribution in [2.24, 2.45) is 10.7 Å². The molecule has 3 N–H and O–H groups in total. The van der Waals surface area contributed by atoms with Gasteiger partial charge in [-0.15, -0.1) is 0 Å². The lowest BCUT2D eigenvalue weighted by Gasteiger charge is -2.09. The third kappa shape index (κ3) is 4.00. The number of imidazole rings is 1. The quantitative estimate of drug-likeness (QED) is 0.529. The Kier molecular flexibility index (Phi) is 5.03. The zero-order valence-electron chi connectivity index (χ0n) is 14.3. The lowest BCUT2D eigenvalue weighted by molar-refractivity contribution is 0.354. The molecule has 3 rings (SSSR count). The van der Waals surface area contributed by atoms with Crippen LogP contribution in [0, 0.1) is 0 Å². The summed E-state index contributed by atoms with van der Waals surface area (Å²) in [7, 11) is 3.21. The molecular weight excluding hydrogens is 318 g/mol. The third-order valence-electron chi connectivity index (χ3n) is 3.74. The number of nitrogens with one attached hydrogen (secondary N) is 1. The largest absolute Gasteiger partial charge is 0.493 e. The molecular formula is C18H21N5O2. The monoisotopic (exact) mass is 339 g/mol. The Morgan fingerprint density at radius 3 is 2.80 bits per heavy atom. The SMILES string of the molecule is COc1ccc(CN=C(N)NCc2cn3ccccc3n2)cc1OC. The molecule has 1 aromatic carbocycles. The van der Waals surface area contributed by atoms with Crippen molar-refractivity contribution in [3.8, 4) is 11.5 Å². The summed E-state index contributed by atoms with van der Waals surface area (Å²) in [5.74, 6) is 1.73. The van der Waals surface area contributed by atoms with Crippen molar-refractivity contribution in [3.05, 3.63) is 60.0 Å². The van der Waals surface area contributed by atoms with Gasteiger partial charge >= 0.3 is 0 Å². The molecule has 0 saturated heterocycles. The number of hydrogen-bond acceptors (Lipinski definition) is 4. The first-order valence-electron chi connectivity index (χ1n) is 7.87. The zero-order valence-corrected chi connectivity index (χ0v) is 14.3. The average Bonchev–Trinajstić information content (AvgIpc) is 3.07. The number of ether oxygens (including phenoxy) is 2. The molecule has 0 fully saturated rings. The predicted octanol–water partition coefficient (Wildman–Crippen LogP) is 1.96. The maximum absolute atomic E-state index is 5.94. The van der Waals surface area contributed by atoms with E-state index in [1.165, 1.54) is 0 Å². The van der Waals surface area contributed by atoms with E-state index in [1.807, 2.05) is 53.2 Å². The van der Waals surface area contributed by atoms with Gasteiger partial charge in [0.2, 0.25) is 0 Å². The summed E-state index contributed by atoms with van der Waals surface area (Å²) in [6.45, 7) is 0.966. The molecule has 0 aliphatic rings. The van der Waals surface area contributed by atoms with Crippen LogP contribution in [-0.4, -0.2) is 29.6 Å². The lowest BCUT2D eigenvalue weighted by atomic mass is 10.2. The first-order chi connectivity index (χ1) is 12.2. The maximum Gasteiger partial charge on any atom is 0.189 e. The first kappa shape index (κ1) is 16.6. The number of aliphatic imine (C=N–C) groups is 1. The lowest BCUT2D eigenvalue weighted by Crippen LogP contribution is -2.31. The Morgan fingerprint density at radius 1 is 1.20 bits per heavy atom. The van der Waals surface area contributed by atoms with Gasteiger partial charge in [0.25, 0.3) is 0 Å². The Hall–Kier alpha value is -3.22. The van der Waals surface area contributed by atoms with Crippen molar-refractivity contribution in [2.75, 3.05) is 14.2 Å². The molecule has 7 heteroatoms. The fraction of sp³-hybridized carbons (Fsp3) is 0.222. The molecule has 0 bridgehead atoms. The van der Waals surface area contributed by atoms with E-state index in [2.05, 4.69) is 15.3 Å². The van der Waals surface area contributed by atoms with E-state index < -0.39 is 0 Å². The molecule has 0 aliphatic carbocycles. The highest BCUT2D eigenvalue weighted by atomic mass is 16.5. The normalized spacial score (nSPS) is 11.5. The number of hydrogen-bond donors (Lipinski definition) is 2.